The summed E-state index contributed by atoms with van der Waals surface area (Å²) in [5.74, 6) is 1.21. The molecule has 0 bridgehead atoms. The summed E-state index contributed by atoms with van der Waals surface area (Å²) in [7, 11) is 0. The van der Waals surface area contributed by atoms with Crippen molar-refractivity contribution in [3.05, 3.63) is 11.7 Å². The lowest BCUT2D eigenvalue weighted by Crippen LogP contribution is -2.51. The molecule has 2 saturated heterocycles. The van der Waals surface area contributed by atoms with E-state index >= 15 is 0 Å². The summed E-state index contributed by atoms with van der Waals surface area (Å²) in [4.78, 5) is 44.9. The Hall–Kier alpha value is -2.29. The van der Waals surface area contributed by atoms with Gasteiger partial charge in [-0.15, -0.1) is 0 Å². The molecule has 0 radical (unpaired) electrons. The summed E-state index contributed by atoms with van der Waals surface area (Å²) in [6, 6.07) is 0. The largest absolute Gasteiger partial charge is 0.339 e. The van der Waals surface area contributed by atoms with Crippen LogP contribution in [-0.2, 0) is 20.9 Å². The van der Waals surface area contributed by atoms with Gasteiger partial charge in [0.25, 0.3) is 0 Å². The predicted octanol–water partition coefficient (Wildman–Crippen LogP) is -0.260. The molecule has 3 amide bonds. The molecule has 134 valence electrons. The molecule has 0 N–H and O–H groups in total. The maximum Gasteiger partial charge on any atom is 0.242 e. The van der Waals surface area contributed by atoms with Gasteiger partial charge < -0.3 is 9.42 Å². The third kappa shape index (κ3) is 3.55. The van der Waals surface area contributed by atoms with Gasteiger partial charge in [-0.05, 0) is 12.8 Å². The Labute approximate surface area is 144 Å². The number of piperazine rings is 1. The fourth-order valence-corrected chi connectivity index (χ4v) is 3.22. The van der Waals surface area contributed by atoms with Gasteiger partial charge in [-0.3, -0.25) is 24.2 Å². The minimum absolute atomic E-state index is 0.132. The highest BCUT2D eigenvalue weighted by Gasteiger charge is 2.33. The maximum absolute atomic E-state index is 12.3. The molecule has 3 fully saturated rings. The van der Waals surface area contributed by atoms with Gasteiger partial charge in [-0.25, -0.2) is 0 Å². The highest BCUT2D eigenvalue weighted by Crippen LogP contribution is 2.38. The lowest BCUT2D eigenvalue weighted by atomic mass is 10.3. The summed E-state index contributed by atoms with van der Waals surface area (Å²) in [5, 5.41) is 4.02. The Morgan fingerprint density at radius 3 is 2.40 bits per heavy atom. The molecule has 1 aliphatic carbocycles. The van der Waals surface area contributed by atoms with Crippen molar-refractivity contribution in [2.45, 2.75) is 38.1 Å². The zero-order chi connectivity index (χ0) is 17.4. The molecule has 0 aromatic carbocycles. The molecule has 1 saturated carbocycles. The number of rotatable bonds is 5. The Morgan fingerprint density at radius 2 is 1.76 bits per heavy atom. The first-order valence-corrected chi connectivity index (χ1v) is 8.76. The van der Waals surface area contributed by atoms with Crippen LogP contribution < -0.4 is 0 Å². The number of carbonyl (C=O) groups excluding carboxylic acids is 3. The summed E-state index contributed by atoms with van der Waals surface area (Å²) in [5.41, 5.74) is 0. The number of nitrogens with zero attached hydrogens (tertiary/aromatic N) is 5. The smallest absolute Gasteiger partial charge is 0.242 e. The van der Waals surface area contributed by atoms with Gasteiger partial charge in [-0.2, -0.15) is 4.98 Å². The zero-order valence-corrected chi connectivity index (χ0v) is 14.0. The topological polar surface area (TPSA) is 99.9 Å². The van der Waals surface area contributed by atoms with Crippen molar-refractivity contribution in [1.82, 2.24) is 24.8 Å². The van der Waals surface area contributed by atoms with E-state index in [2.05, 4.69) is 15.0 Å². The van der Waals surface area contributed by atoms with Crippen LogP contribution in [0.1, 0.15) is 43.3 Å². The lowest BCUT2D eigenvalue weighted by Gasteiger charge is -2.34. The fraction of sp³-hybridized carbons (Fsp3) is 0.688. The van der Waals surface area contributed by atoms with Gasteiger partial charge in [0.15, 0.2) is 5.82 Å². The quantitative estimate of drug-likeness (QED) is 0.677. The predicted molar refractivity (Wildman–Crippen MR) is 84.1 cm³/mol. The molecule has 25 heavy (non-hydrogen) atoms. The number of aromatic nitrogens is 2. The standard InChI is InChI=1S/C16H21N5O4/c22-13-3-4-14(23)21(13)10-15(24)20-7-5-19(6-8-20)9-12-17-16(25-18-12)11-1-2-11/h11H,1-10H2. The van der Waals surface area contributed by atoms with Crippen molar-refractivity contribution in [3.63, 3.8) is 0 Å². The van der Waals surface area contributed by atoms with Crippen LogP contribution in [-0.4, -0.2) is 75.3 Å². The molecule has 3 aliphatic rings. The van der Waals surface area contributed by atoms with Crippen LogP contribution in [0.25, 0.3) is 0 Å². The minimum Gasteiger partial charge on any atom is -0.339 e. The first-order valence-electron chi connectivity index (χ1n) is 8.76. The van der Waals surface area contributed by atoms with Gasteiger partial charge in [-0.1, -0.05) is 5.16 Å². The average Bonchev–Trinajstić information content (AvgIpc) is 3.29. The fourth-order valence-electron chi connectivity index (χ4n) is 3.22. The third-order valence-electron chi connectivity index (χ3n) is 4.95. The molecule has 4 rings (SSSR count). The van der Waals surface area contributed by atoms with E-state index in [1.54, 1.807) is 4.90 Å². The summed E-state index contributed by atoms with van der Waals surface area (Å²) in [6.45, 7) is 3.04. The number of hydrogen-bond acceptors (Lipinski definition) is 7. The number of hydrogen-bond donors (Lipinski definition) is 0. The number of likely N-dealkylation sites (tertiary alicyclic amines) is 1. The van der Waals surface area contributed by atoms with E-state index in [1.165, 1.54) is 0 Å². The minimum atomic E-state index is -0.249. The van der Waals surface area contributed by atoms with E-state index in [1.807, 2.05) is 0 Å². The average molecular weight is 347 g/mol. The highest BCUT2D eigenvalue weighted by molar-refractivity contribution is 6.04. The molecule has 1 aromatic heterocycles. The molecule has 9 heteroatoms. The molecule has 3 heterocycles. The van der Waals surface area contributed by atoms with Crippen LogP contribution in [0.3, 0.4) is 0 Å². The first-order chi connectivity index (χ1) is 12.1. The number of carbonyl (C=O) groups is 3. The second-order valence-corrected chi connectivity index (χ2v) is 6.85. The first kappa shape index (κ1) is 16.2. The van der Waals surface area contributed by atoms with Crippen molar-refractivity contribution in [3.8, 4) is 0 Å². The van der Waals surface area contributed by atoms with Crippen molar-refractivity contribution >= 4 is 17.7 Å². The molecule has 0 atom stereocenters. The second-order valence-electron chi connectivity index (χ2n) is 6.85. The van der Waals surface area contributed by atoms with Gasteiger partial charge in [0.2, 0.25) is 23.6 Å². The Morgan fingerprint density at radius 1 is 1.08 bits per heavy atom. The van der Waals surface area contributed by atoms with Gasteiger partial charge >= 0.3 is 0 Å². The highest BCUT2D eigenvalue weighted by atomic mass is 16.5. The zero-order valence-electron chi connectivity index (χ0n) is 14.0. The van der Waals surface area contributed by atoms with Crippen LogP contribution in [0.5, 0.6) is 0 Å². The van der Waals surface area contributed by atoms with Crippen LogP contribution >= 0.6 is 0 Å². The van der Waals surface area contributed by atoms with Crippen molar-refractivity contribution < 1.29 is 18.9 Å². The molecule has 1 aromatic rings. The van der Waals surface area contributed by atoms with E-state index in [4.69, 9.17) is 4.52 Å². The number of imide groups is 1. The van der Waals surface area contributed by atoms with Gasteiger partial charge in [0, 0.05) is 44.9 Å². The van der Waals surface area contributed by atoms with E-state index in [0.717, 1.165) is 23.6 Å². The molecule has 9 nitrogen and oxygen atoms in total. The Balaban J connectivity index is 1.25. The van der Waals surface area contributed by atoms with E-state index in [9.17, 15) is 14.4 Å². The molecule has 0 unspecified atom stereocenters. The molecule has 2 aliphatic heterocycles. The van der Waals surface area contributed by atoms with Crippen LogP contribution in [0.2, 0.25) is 0 Å². The molecule has 0 spiro atoms. The van der Waals surface area contributed by atoms with E-state index < -0.39 is 0 Å². The molecular weight excluding hydrogens is 326 g/mol. The van der Waals surface area contributed by atoms with Crippen molar-refractivity contribution in [2.24, 2.45) is 0 Å². The second kappa shape index (κ2) is 6.55. The van der Waals surface area contributed by atoms with Crippen LogP contribution in [0.4, 0.5) is 0 Å². The van der Waals surface area contributed by atoms with Crippen molar-refractivity contribution in [1.29, 1.82) is 0 Å². The van der Waals surface area contributed by atoms with Crippen molar-refractivity contribution in [2.75, 3.05) is 32.7 Å². The van der Waals surface area contributed by atoms with Crippen LogP contribution in [0, 0.1) is 0 Å². The van der Waals surface area contributed by atoms with E-state index in [-0.39, 0.29) is 37.1 Å². The normalized spacial score (nSPS) is 22.1. The van der Waals surface area contributed by atoms with E-state index in [0.29, 0.717) is 44.5 Å². The SMILES string of the molecule is O=C(CN1C(=O)CCC1=O)N1CCN(Cc2noc(C3CC3)n2)CC1. The van der Waals surface area contributed by atoms with Gasteiger partial charge in [0.1, 0.15) is 6.54 Å². The monoisotopic (exact) mass is 347 g/mol. The maximum atomic E-state index is 12.3. The Bertz CT molecular complexity index is 674. The van der Waals surface area contributed by atoms with Crippen LogP contribution in [0.15, 0.2) is 4.52 Å². The Kier molecular flexibility index (Phi) is 4.24. The summed E-state index contributed by atoms with van der Waals surface area (Å²) >= 11 is 0. The summed E-state index contributed by atoms with van der Waals surface area (Å²) < 4.78 is 5.26. The number of amides is 3. The lowest BCUT2D eigenvalue weighted by molar-refractivity contribution is -0.146. The summed E-state index contributed by atoms with van der Waals surface area (Å²) in [6.07, 6.45) is 2.69. The molecular formula is C16H21N5O4. The van der Waals surface area contributed by atoms with Gasteiger partial charge in [0.05, 0.1) is 6.54 Å². The third-order valence-corrected chi connectivity index (χ3v) is 4.95.